The van der Waals surface area contributed by atoms with E-state index < -0.39 is 0 Å². The summed E-state index contributed by atoms with van der Waals surface area (Å²) >= 11 is 12.5. The molecular formula is C18H21Cl2N3. The highest BCUT2D eigenvalue weighted by molar-refractivity contribution is 6.36. The zero-order chi connectivity index (χ0) is 16.6. The number of aromatic nitrogens is 1. The van der Waals surface area contributed by atoms with Gasteiger partial charge in [-0.15, -0.1) is 0 Å². The van der Waals surface area contributed by atoms with Crippen LogP contribution >= 0.6 is 23.2 Å². The molecule has 0 aliphatic heterocycles. The molecule has 1 heterocycles. The zero-order valence-electron chi connectivity index (χ0n) is 13.2. The molecule has 1 aromatic carbocycles. The Balaban J connectivity index is 2.19. The van der Waals surface area contributed by atoms with E-state index in [1.54, 1.807) is 6.07 Å². The molecule has 4 N–H and O–H groups in total. The Morgan fingerprint density at radius 2 is 2.00 bits per heavy atom. The second-order valence-electron chi connectivity index (χ2n) is 6.24. The fourth-order valence-corrected chi connectivity index (χ4v) is 3.79. The Morgan fingerprint density at radius 3 is 2.61 bits per heavy atom. The molecule has 2 aromatic rings. The zero-order valence-corrected chi connectivity index (χ0v) is 14.7. The summed E-state index contributed by atoms with van der Waals surface area (Å²) in [5, 5.41) is 1.19. The quantitative estimate of drug-likeness (QED) is 0.747. The molecule has 1 saturated carbocycles. The normalized spacial score (nSPS) is 15.6. The third kappa shape index (κ3) is 3.26. The lowest BCUT2D eigenvalue weighted by Gasteiger charge is -2.22. The van der Waals surface area contributed by atoms with Gasteiger partial charge in [0.05, 0.1) is 5.69 Å². The van der Waals surface area contributed by atoms with Crippen molar-refractivity contribution in [3.05, 3.63) is 40.0 Å². The first kappa shape index (κ1) is 16.4. The summed E-state index contributed by atoms with van der Waals surface area (Å²) in [4.78, 5) is 4.31. The molecule has 122 valence electrons. The van der Waals surface area contributed by atoms with Gasteiger partial charge in [-0.1, -0.05) is 42.6 Å². The summed E-state index contributed by atoms with van der Waals surface area (Å²) in [5.74, 6) is 1.52. The van der Waals surface area contributed by atoms with Crippen LogP contribution in [0.4, 0.5) is 11.5 Å². The van der Waals surface area contributed by atoms with Crippen LogP contribution in [0.15, 0.2) is 24.4 Å². The number of hydrogen-bond donors (Lipinski definition) is 2. The number of pyridine rings is 1. The first-order valence-corrected chi connectivity index (χ1v) is 8.77. The number of hydrogen-bond acceptors (Lipinski definition) is 3. The lowest BCUT2D eigenvalue weighted by atomic mass is 9.85. The summed E-state index contributed by atoms with van der Waals surface area (Å²) in [6.45, 7) is 2.21. The lowest BCUT2D eigenvalue weighted by Crippen LogP contribution is -2.09. The van der Waals surface area contributed by atoms with E-state index in [1.807, 2.05) is 18.3 Å². The first-order chi connectivity index (χ1) is 11.0. The molecule has 3 nitrogen and oxygen atoms in total. The number of rotatable bonds is 5. The summed E-state index contributed by atoms with van der Waals surface area (Å²) in [6.07, 6.45) is 6.66. The van der Waals surface area contributed by atoms with E-state index in [4.69, 9.17) is 34.7 Å². The van der Waals surface area contributed by atoms with Crippen LogP contribution in [0.5, 0.6) is 0 Å². The molecule has 1 atom stereocenters. The summed E-state index contributed by atoms with van der Waals surface area (Å²) < 4.78 is 0. The number of anilines is 2. The third-order valence-electron chi connectivity index (χ3n) is 4.57. The van der Waals surface area contributed by atoms with Crippen LogP contribution in [0.1, 0.15) is 44.1 Å². The minimum absolute atomic E-state index is 0.348. The molecule has 0 saturated heterocycles. The number of nitrogen functional groups attached to an aromatic ring is 2. The number of halogens is 2. The van der Waals surface area contributed by atoms with Crippen LogP contribution in [-0.4, -0.2) is 4.98 Å². The van der Waals surface area contributed by atoms with E-state index in [2.05, 4.69) is 11.9 Å². The van der Waals surface area contributed by atoms with Gasteiger partial charge in [0.1, 0.15) is 5.82 Å². The van der Waals surface area contributed by atoms with Crippen LogP contribution < -0.4 is 11.5 Å². The van der Waals surface area contributed by atoms with Crippen molar-refractivity contribution in [3.8, 4) is 11.1 Å². The lowest BCUT2D eigenvalue weighted by molar-refractivity contribution is 0.550. The van der Waals surface area contributed by atoms with Crippen molar-refractivity contribution in [2.45, 2.75) is 38.5 Å². The average molecular weight is 350 g/mol. The van der Waals surface area contributed by atoms with Gasteiger partial charge in [0.15, 0.2) is 0 Å². The predicted octanol–water partition coefficient (Wildman–Crippen LogP) is 5.51. The average Bonchev–Trinajstić information content (AvgIpc) is 3.33. The molecular weight excluding hydrogens is 329 g/mol. The standard InChI is InChI=1S/C18H21Cl2N3/c1-2-3-12(10-4-5-10)14-9-23-18(22)17(21)16(14)13-7-6-11(19)8-15(13)20/h6-10,12H,2-5,21H2,1H3,(H2,22,23). The van der Waals surface area contributed by atoms with Crippen molar-refractivity contribution in [2.24, 2.45) is 5.92 Å². The van der Waals surface area contributed by atoms with Gasteiger partial charge in [-0.2, -0.15) is 0 Å². The van der Waals surface area contributed by atoms with Crippen LogP contribution in [-0.2, 0) is 0 Å². The monoisotopic (exact) mass is 349 g/mol. The molecule has 1 unspecified atom stereocenters. The SMILES string of the molecule is CCCC(c1cnc(N)c(N)c1-c1ccc(Cl)cc1Cl)C1CC1. The van der Waals surface area contributed by atoms with Crippen molar-refractivity contribution in [1.82, 2.24) is 4.98 Å². The first-order valence-electron chi connectivity index (χ1n) is 8.02. The highest BCUT2D eigenvalue weighted by Gasteiger charge is 2.34. The summed E-state index contributed by atoms with van der Waals surface area (Å²) in [6, 6.07) is 5.48. The van der Waals surface area contributed by atoms with Gasteiger partial charge in [0.25, 0.3) is 0 Å². The van der Waals surface area contributed by atoms with E-state index in [0.717, 1.165) is 29.5 Å². The Labute approximate surface area is 147 Å². The van der Waals surface area contributed by atoms with Gasteiger partial charge in [-0.25, -0.2) is 4.98 Å². The fourth-order valence-electron chi connectivity index (χ4n) is 3.29. The van der Waals surface area contributed by atoms with Crippen molar-refractivity contribution >= 4 is 34.7 Å². The second-order valence-corrected chi connectivity index (χ2v) is 7.09. The van der Waals surface area contributed by atoms with E-state index in [9.17, 15) is 0 Å². The molecule has 3 rings (SSSR count). The van der Waals surface area contributed by atoms with Crippen LogP contribution in [0.25, 0.3) is 11.1 Å². The Bertz CT molecular complexity index is 726. The Morgan fingerprint density at radius 1 is 1.26 bits per heavy atom. The van der Waals surface area contributed by atoms with Gasteiger partial charge in [-0.3, -0.25) is 0 Å². The van der Waals surface area contributed by atoms with Crippen LogP contribution in [0, 0.1) is 5.92 Å². The molecule has 0 amide bonds. The Hall–Kier alpha value is -1.45. The van der Waals surface area contributed by atoms with Gasteiger partial charge in [0, 0.05) is 27.4 Å². The fraction of sp³-hybridized carbons (Fsp3) is 0.389. The highest BCUT2D eigenvalue weighted by atomic mass is 35.5. The maximum Gasteiger partial charge on any atom is 0.147 e. The van der Waals surface area contributed by atoms with Gasteiger partial charge < -0.3 is 11.5 Å². The Kier molecular flexibility index (Phi) is 4.69. The van der Waals surface area contributed by atoms with E-state index in [1.165, 1.54) is 12.8 Å². The molecule has 5 heteroatoms. The molecule has 1 fully saturated rings. The molecule has 0 bridgehead atoms. The summed E-state index contributed by atoms with van der Waals surface area (Å²) in [7, 11) is 0. The topological polar surface area (TPSA) is 64.9 Å². The van der Waals surface area contributed by atoms with Gasteiger partial charge in [-0.05, 0) is 48.8 Å². The molecule has 0 spiro atoms. The van der Waals surface area contributed by atoms with Gasteiger partial charge >= 0.3 is 0 Å². The minimum Gasteiger partial charge on any atom is -0.395 e. The van der Waals surface area contributed by atoms with Crippen molar-refractivity contribution in [2.75, 3.05) is 11.5 Å². The molecule has 1 aliphatic carbocycles. The van der Waals surface area contributed by atoms with E-state index >= 15 is 0 Å². The molecule has 0 radical (unpaired) electrons. The van der Waals surface area contributed by atoms with Crippen LogP contribution in [0.2, 0.25) is 10.0 Å². The minimum atomic E-state index is 0.348. The van der Waals surface area contributed by atoms with E-state index in [0.29, 0.717) is 33.4 Å². The number of nitrogens with two attached hydrogens (primary N) is 2. The highest BCUT2D eigenvalue weighted by Crippen LogP contribution is 2.49. The molecule has 1 aromatic heterocycles. The largest absolute Gasteiger partial charge is 0.395 e. The predicted molar refractivity (Wildman–Crippen MR) is 98.9 cm³/mol. The molecule has 1 aliphatic rings. The van der Waals surface area contributed by atoms with Crippen molar-refractivity contribution < 1.29 is 0 Å². The van der Waals surface area contributed by atoms with E-state index in [-0.39, 0.29) is 0 Å². The van der Waals surface area contributed by atoms with Crippen molar-refractivity contribution in [3.63, 3.8) is 0 Å². The number of nitrogens with zero attached hydrogens (tertiary/aromatic N) is 1. The van der Waals surface area contributed by atoms with Crippen molar-refractivity contribution in [1.29, 1.82) is 0 Å². The van der Waals surface area contributed by atoms with Gasteiger partial charge in [0.2, 0.25) is 0 Å². The summed E-state index contributed by atoms with van der Waals surface area (Å²) in [5.41, 5.74) is 15.7. The number of benzene rings is 1. The van der Waals surface area contributed by atoms with Crippen LogP contribution in [0.3, 0.4) is 0 Å². The molecule has 23 heavy (non-hydrogen) atoms. The maximum absolute atomic E-state index is 6.44. The third-order valence-corrected chi connectivity index (χ3v) is 5.12. The smallest absolute Gasteiger partial charge is 0.147 e. The second kappa shape index (κ2) is 6.58. The maximum atomic E-state index is 6.44.